The van der Waals surface area contributed by atoms with Crippen LogP contribution in [0.1, 0.15) is 0 Å². The zero-order valence-corrected chi connectivity index (χ0v) is 12.7. The van der Waals surface area contributed by atoms with Gasteiger partial charge in [-0.05, 0) is 0 Å². The van der Waals surface area contributed by atoms with Gasteiger partial charge < -0.3 is 19.9 Å². The highest BCUT2D eigenvalue weighted by atomic mass is 16.5. The fraction of sp³-hybridized carbons (Fsp3) is 0.357. The Labute approximate surface area is 132 Å². The molecule has 0 unspecified atom stereocenters. The van der Waals surface area contributed by atoms with Crippen LogP contribution < -0.4 is 10.6 Å². The van der Waals surface area contributed by atoms with E-state index in [1.165, 1.54) is 0 Å². The van der Waals surface area contributed by atoms with Crippen molar-refractivity contribution in [2.24, 2.45) is 7.05 Å². The Kier molecular flexibility index (Phi) is 3.27. The summed E-state index contributed by atoms with van der Waals surface area (Å²) >= 11 is 0. The highest BCUT2D eigenvalue weighted by Gasteiger charge is 2.20. The zero-order valence-electron chi connectivity index (χ0n) is 12.7. The quantitative estimate of drug-likeness (QED) is 0.717. The Morgan fingerprint density at radius 1 is 1.09 bits per heavy atom. The largest absolute Gasteiger partial charge is 0.378 e. The molecule has 0 aliphatic carbocycles. The summed E-state index contributed by atoms with van der Waals surface area (Å²) in [7, 11) is 1.91. The first-order chi connectivity index (χ1) is 11.2. The fourth-order valence-corrected chi connectivity index (χ4v) is 2.57. The topological polar surface area (TPSA) is 108 Å². The van der Waals surface area contributed by atoms with E-state index >= 15 is 0 Å². The molecular weight excluding hydrogens is 296 g/mol. The molecule has 23 heavy (non-hydrogen) atoms. The molecule has 118 valence electrons. The summed E-state index contributed by atoms with van der Waals surface area (Å²) in [6.45, 7) is 2.91. The summed E-state index contributed by atoms with van der Waals surface area (Å²) in [6, 6.07) is 0. The summed E-state index contributed by atoms with van der Waals surface area (Å²) in [5, 5.41) is 0. The third-order valence-electron chi connectivity index (χ3n) is 3.78. The number of morpholine rings is 1. The van der Waals surface area contributed by atoms with Gasteiger partial charge in [0.2, 0.25) is 5.95 Å². The number of nitrogen functional groups attached to an aromatic ring is 1. The maximum atomic E-state index is 5.55. The second-order valence-electron chi connectivity index (χ2n) is 5.33. The van der Waals surface area contributed by atoms with Gasteiger partial charge in [-0.15, -0.1) is 0 Å². The highest BCUT2D eigenvalue weighted by molar-refractivity contribution is 5.85. The predicted octanol–water partition coefficient (Wildman–Crippen LogP) is 0.239. The van der Waals surface area contributed by atoms with E-state index in [-0.39, 0.29) is 5.95 Å². The lowest BCUT2D eigenvalue weighted by Crippen LogP contribution is -2.37. The van der Waals surface area contributed by atoms with Gasteiger partial charge in [0.15, 0.2) is 22.8 Å². The van der Waals surface area contributed by atoms with Gasteiger partial charge in [-0.2, -0.15) is 0 Å². The zero-order chi connectivity index (χ0) is 15.8. The number of imidazole rings is 1. The molecule has 1 aliphatic heterocycles. The van der Waals surface area contributed by atoms with E-state index in [1.807, 2.05) is 11.6 Å². The molecule has 0 atom stereocenters. The lowest BCUT2D eigenvalue weighted by Gasteiger charge is -2.28. The standard InChI is InChI=1S/C14H16N8O/c1-21-8-18-10-12(21)19-11(9-6-16-14(15)17-7-9)20-13(10)22-2-4-23-5-3-22/h6-8H,2-5H2,1H3,(H2,15,16,17). The van der Waals surface area contributed by atoms with E-state index in [9.17, 15) is 0 Å². The normalized spacial score (nSPS) is 15.3. The van der Waals surface area contributed by atoms with Crippen molar-refractivity contribution in [1.82, 2.24) is 29.5 Å². The molecule has 0 bridgehead atoms. The molecule has 1 fully saturated rings. The molecule has 0 aromatic carbocycles. The van der Waals surface area contributed by atoms with E-state index in [1.54, 1.807) is 18.7 Å². The maximum Gasteiger partial charge on any atom is 0.219 e. The molecule has 0 radical (unpaired) electrons. The molecule has 3 aromatic rings. The van der Waals surface area contributed by atoms with Crippen molar-refractivity contribution in [3.05, 3.63) is 18.7 Å². The number of aryl methyl sites for hydroxylation is 1. The summed E-state index contributed by atoms with van der Waals surface area (Å²) in [4.78, 5) is 24.0. The number of nitrogens with two attached hydrogens (primary N) is 1. The Hall–Kier alpha value is -2.81. The van der Waals surface area contributed by atoms with Crippen molar-refractivity contribution in [2.45, 2.75) is 0 Å². The number of hydrogen-bond acceptors (Lipinski definition) is 8. The van der Waals surface area contributed by atoms with Crippen molar-refractivity contribution in [2.75, 3.05) is 36.9 Å². The minimum absolute atomic E-state index is 0.226. The predicted molar refractivity (Wildman–Crippen MR) is 84.8 cm³/mol. The second-order valence-corrected chi connectivity index (χ2v) is 5.33. The van der Waals surface area contributed by atoms with Crippen molar-refractivity contribution in [1.29, 1.82) is 0 Å². The average molecular weight is 312 g/mol. The second kappa shape index (κ2) is 5.43. The van der Waals surface area contributed by atoms with Crippen LogP contribution in [-0.4, -0.2) is 55.8 Å². The summed E-state index contributed by atoms with van der Waals surface area (Å²) in [5.41, 5.74) is 7.83. The van der Waals surface area contributed by atoms with E-state index < -0.39 is 0 Å². The number of rotatable bonds is 2. The first kappa shape index (κ1) is 13.8. The fourth-order valence-electron chi connectivity index (χ4n) is 2.57. The lowest BCUT2D eigenvalue weighted by atomic mass is 10.3. The van der Waals surface area contributed by atoms with E-state index in [2.05, 4.69) is 24.8 Å². The Bertz CT molecular complexity index is 838. The molecule has 1 aliphatic rings. The SMILES string of the molecule is Cn1cnc2c(N3CCOCC3)nc(-c3cnc(N)nc3)nc21. The van der Waals surface area contributed by atoms with Crippen molar-refractivity contribution in [3.8, 4) is 11.4 Å². The summed E-state index contributed by atoms with van der Waals surface area (Å²) < 4.78 is 7.30. The molecule has 9 nitrogen and oxygen atoms in total. The van der Waals surface area contributed by atoms with Crippen LogP contribution in [0.3, 0.4) is 0 Å². The Balaban J connectivity index is 1.88. The number of hydrogen-bond donors (Lipinski definition) is 1. The first-order valence-electron chi connectivity index (χ1n) is 7.32. The van der Waals surface area contributed by atoms with E-state index in [0.29, 0.717) is 19.0 Å². The third-order valence-corrected chi connectivity index (χ3v) is 3.78. The van der Waals surface area contributed by atoms with Gasteiger partial charge in [0.1, 0.15) is 0 Å². The third kappa shape index (κ3) is 2.44. The van der Waals surface area contributed by atoms with Crippen LogP contribution in [0.15, 0.2) is 18.7 Å². The van der Waals surface area contributed by atoms with E-state index in [0.717, 1.165) is 35.6 Å². The highest BCUT2D eigenvalue weighted by Crippen LogP contribution is 2.26. The van der Waals surface area contributed by atoms with Crippen LogP contribution in [0, 0.1) is 0 Å². The van der Waals surface area contributed by atoms with Gasteiger partial charge in [0, 0.05) is 32.5 Å². The molecule has 4 rings (SSSR count). The monoisotopic (exact) mass is 312 g/mol. The average Bonchev–Trinajstić information content (AvgIpc) is 2.97. The minimum Gasteiger partial charge on any atom is -0.378 e. The summed E-state index contributed by atoms with van der Waals surface area (Å²) in [5.74, 6) is 1.59. The molecule has 0 amide bonds. The maximum absolute atomic E-state index is 5.55. The van der Waals surface area contributed by atoms with Crippen molar-refractivity contribution in [3.63, 3.8) is 0 Å². The van der Waals surface area contributed by atoms with Crippen LogP contribution in [0.2, 0.25) is 0 Å². The van der Waals surface area contributed by atoms with Gasteiger partial charge in [0.25, 0.3) is 0 Å². The van der Waals surface area contributed by atoms with Crippen LogP contribution in [0.4, 0.5) is 11.8 Å². The molecule has 9 heteroatoms. The van der Waals surface area contributed by atoms with E-state index in [4.69, 9.17) is 15.5 Å². The number of nitrogens with zero attached hydrogens (tertiary/aromatic N) is 7. The van der Waals surface area contributed by atoms with Crippen molar-refractivity contribution < 1.29 is 4.74 Å². The number of aromatic nitrogens is 6. The van der Waals surface area contributed by atoms with Crippen LogP contribution >= 0.6 is 0 Å². The van der Waals surface area contributed by atoms with Gasteiger partial charge in [-0.1, -0.05) is 0 Å². The Morgan fingerprint density at radius 2 is 1.83 bits per heavy atom. The molecule has 4 heterocycles. The van der Waals surface area contributed by atoms with Crippen LogP contribution in [-0.2, 0) is 11.8 Å². The lowest BCUT2D eigenvalue weighted by molar-refractivity contribution is 0.122. The smallest absolute Gasteiger partial charge is 0.219 e. The van der Waals surface area contributed by atoms with Gasteiger partial charge in [0.05, 0.1) is 25.1 Å². The molecule has 0 saturated carbocycles. The number of fused-ring (bicyclic) bond motifs is 1. The van der Waals surface area contributed by atoms with Crippen LogP contribution in [0.25, 0.3) is 22.6 Å². The molecule has 0 spiro atoms. The van der Waals surface area contributed by atoms with Crippen LogP contribution in [0.5, 0.6) is 0 Å². The molecular formula is C14H16N8O. The van der Waals surface area contributed by atoms with Gasteiger partial charge >= 0.3 is 0 Å². The summed E-state index contributed by atoms with van der Waals surface area (Å²) in [6.07, 6.45) is 5.00. The number of anilines is 2. The van der Waals surface area contributed by atoms with Crippen molar-refractivity contribution >= 4 is 22.9 Å². The molecule has 1 saturated heterocycles. The minimum atomic E-state index is 0.226. The van der Waals surface area contributed by atoms with Gasteiger partial charge in [-0.25, -0.2) is 24.9 Å². The number of ether oxygens (including phenoxy) is 1. The van der Waals surface area contributed by atoms with Gasteiger partial charge in [-0.3, -0.25) is 0 Å². The molecule has 3 aromatic heterocycles. The first-order valence-corrected chi connectivity index (χ1v) is 7.32. The Morgan fingerprint density at radius 3 is 2.57 bits per heavy atom. The molecule has 2 N–H and O–H groups in total.